The topological polar surface area (TPSA) is 67.0 Å². The summed E-state index contributed by atoms with van der Waals surface area (Å²) in [7, 11) is 0. The van der Waals surface area contributed by atoms with Gasteiger partial charge >= 0.3 is 0 Å². The van der Waals surface area contributed by atoms with Crippen LogP contribution >= 0.6 is 11.8 Å². The van der Waals surface area contributed by atoms with Gasteiger partial charge < -0.3 is 9.30 Å². The maximum absolute atomic E-state index is 13.2. The Kier molecular flexibility index (Phi) is 7.00. The molecule has 0 saturated carbocycles. The van der Waals surface area contributed by atoms with Gasteiger partial charge in [0.15, 0.2) is 11.0 Å². The van der Waals surface area contributed by atoms with Gasteiger partial charge in [-0.2, -0.15) is 5.26 Å². The highest BCUT2D eigenvalue weighted by Crippen LogP contribution is 2.25. The second-order valence-electron chi connectivity index (χ2n) is 6.03. The van der Waals surface area contributed by atoms with E-state index in [2.05, 4.69) is 25.7 Å². The van der Waals surface area contributed by atoms with Gasteiger partial charge in [-0.1, -0.05) is 11.8 Å². The molecule has 0 atom stereocenters. The van der Waals surface area contributed by atoms with Gasteiger partial charge in [-0.15, -0.1) is 10.2 Å². The smallest absolute Gasteiger partial charge is 0.191 e. The van der Waals surface area contributed by atoms with Gasteiger partial charge in [-0.05, 0) is 30.7 Å². The quantitative estimate of drug-likeness (QED) is 0.522. The van der Waals surface area contributed by atoms with Crippen molar-refractivity contribution in [2.24, 2.45) is 0 Å². The van der Waals surface area contributed by atoms with Gasteiger partial charge in [0, 0.05) is 43.9 Å². The fourth-order valence-electron chi connectivity index (χ4n) is 2.79. The average molecular weight is 375 g/mol. The van der Waals surface area contributed by atoms with Crippen LogP contribution in [0.1, 0.15) is 12.8 Å². The minimum atomic E-state index is -0.265. The summed E-state index contributed by atoms with van der Waals surface area (Å²) in [6, 6.07) is 8.51. The molecule has 1 fully saturated rings. The van der Waals surface area contributed by atoms with E-state index in [1.54, 1.807) is 23.9 Å². The third-order valence-electron chi connectivity index (χ3n) is 4.23. The summed E-state index contributed by atoms with van der Waals surface area (Å²) in [6.07, 6.45) is 1.36. The zero-order valence-electron chi connectivity index (χ0n) is 14.6. The molecule has 138 valence electrons. The van der Waals surface area contributed by atoms with Crippen molar-refractivity contribution >= 4 is 11.8 Å². The number of hydrogen-bond acceptors (Lipinski definition) is 6. The van der Waals surface area contributed by atoms with Crippen LogP contribution in [0.25, 0.3) is 11.4 Å². The third-order valence-corrected chi connectivity index (χ3v) is 5.28. The first-order valence-corrected chi connectivity index (χ1v) is 9.75. The summed E-state index contributed by atoms with van der Waals surface area (Å²) >= 11 is 1.61. The van der Waals surface area contributed by atoms with Gasteiger partial charge in [0.05, 0.1) is 19.3 Å². The molecular formula is C18H22FN5OS. The van der Waals surface area contributed by atoms with Gasteiger partial charge in [0.2, 0.25) is 0 Å². The SMILES string of the molecule is N#CCCCSc1nnc(-c2ccc(F)cc2)n1CCN1CCOCC1. The third kappa shape index (κ3) is 5.04. The van der Waals surface area contributed by atoms with Gasteiger partial charge in [0.25, 0.3) is 0 Å². The Bertz CT molecular complexity index is 737. The minimum absolute atomic E-state index is 0.265. The van der Waals surface area contributed by atoms with Crippen molar-refractivity contribution in [1.29, 1.82) is 5.26 Å². The summed E-state index contributed by atoms with van der Waals surface area (Å²) in [4.78, 5) is 2.36. The molecule has 2 aromatic rings. The molecule has 6 nitrogen and oxygen atoms in total. The van der Waals surface area contributed by atoms with Crippen LogP contribution in [0, 0.1) is 17.1 Å². The number of aromatic nitrogens is 3. The Morgan fingerprint density at radius 1 is 1.15 bits per heavy atom. The standard InChI is InChI=1S/C18H22FN5OS/c19-16-5-3-15(4-6-16)17-21-22-18(26-14-2-1-7-20)24(17)9-8-23-10-12-25-13-11-23/h3-6H,1-2,8-14H2. The van der Waals surface area contributed by atoms with E-state index in [9.17, 15) is 4.39 Å². The Hall–Kier alpha value is -1.95. The second-order valence-corrected chi connectivity index (χ2v) is 7.09. The number of unbranched alkanes of at least 4 members (excludes halogenated alkanes) is 1. The van der Waals surface area contributed by atoms with E-state index in [-0.39, 0.29) is 5.82 Å². The molecule has 1 aliphatic heterocycles. The van der Waals surface area contributed by atoms with Crippen molar-refractivity contribution in [1.82, 2.24) is 19.7 Å². The molecule has 0 bridgehead atoms. The number of rotatable bonds is 8. The predicted octanol–water partition coefficient (Wildman–Crippen LogP) is 2.81. The van der Waals surface area contributed by atoms with Gasteiger partial charge in [0.1, 0.15) is 5.82 Å². The lowest BCUT2D eigenvalue weighted by Crippen LogP contribution is -2.38. The number of hydrogen-bond donors (Lipinski definition) is 0. The van der Waals surface area contributed by atoms with Crippen molar-refractivity contribution in [2.75, 3.05) is 38.6 Å². The van der Waals surface area contributed by atoms with Crippen molar-refractivity contribution < 1.29 is 9.13 Å². The van der Waals surface area contributed by atoms with E-state index in [4.69, 9.17) is 10.00 Å². The zero-order chi connectivity index (χ0) is 18.2. The number of benzene rings is 1. The van der Waals surface area contributed by atoms with Crippen molar-refractivity contribution in [3.63, 3.8) is 0 Å². The summed E-state index contributed by atoms with van der Waals surface area (Å²) < 4.78 is 20.7. The first-order valence-electron chi connectivity index (χ1n) is 8.77. The molecule has 0 amide bonds. The highest BCUT2D eigenvalue weighted by atomic mass is 32.2. The average Bonchev–Trinajstić information content (AvgIpc) is 3.08. The Morgan fingerprint density at radius 3 is 2.65 bits per heavy atom. The van der Waals surface area contributed by atoms with E-state index in [1.165, 1.54) is 12.1 Å². The zero-order valence-corrected chi connectivity index (χ0v) is 15.4. The molecule has 0 radical (unpaired) electrons. The lowest BCUT2D eigenvalue weighted by Gasteiger charge is -2.27. The molecule has 2 heterocycles. The number of halogens is 1. The van der Waals surface area contributed by atoms with Crippen LogP contribution in [0.5, 0.6) is 0 Å². The number of morpholine rings is 1. The molecule has 1 saturated heterocycles. The molecule has 0 aliphatic carbocycles. The van der Waals surface area contributed by atoms with E-state index in [0.717, 1.165) is 68.1 Å². The monoisotopic (exact) mass is 375 g/mol. The number of nitrogens with zero attached hydrogens (tertiary/aromatic N) is 5. The second kappa shape index (κ2) is 9.67. The first kappa shape index (κ1) is 18.8. The minimum Gasteiger partial charge on any atom is -0.379 e. The summed E-state index contributed by atoms with van der Waals surface area (Å²) in [6.45, 7) is 5.05. The molecule has 1 aromatic carbocycles. The van der Waals surface area contributed by atoms with Crippen molar-refractivity contribution in [3.8, 4) is 17.5 Å². The van der Waals surface area contributed by atoms with Crippen LogP contribution in [-0.4, -0.2) is 58.3 Å². The lowest BCUT2D eigenvalue weighted by molar-refractivity contribution is 0.0361. The van der Waals surface area contributed by atoms with E-state index >= 15 is 0 Å². The number of thioether (sulfide) groups is 1. The molecular weight excluding hydrogens is 353 g/mol. The van der Waals surface area contributed by atoms with E-state index in [0.29, 0.717) is 6.42 Å². The van der Waals surface area contributed by atoms with Gasteiger partial charge in [-0.25, -0.2) is 4.39 Å². The molecule has 0 N–H and O–H groups in total. The first-order chi connectivity index (χ1) is 12.8. The molecule has 0 spiro atoms. The Labute approximate surface area is 157 Å². The van der Waals surface area contributed by atoms with E-state index in [1.807, 2.05) is 0 Å². The number of ether oxygens (including phenoxy) is 1. The highest BCUT2D eigenvalue weighted by molar-refractivity contribution is 7.99. The molecule has 0 unspecified atom stereocenters. The molecule has 1 aromatic heterocycles. The van der Waals surface area contributed by atoms with Crippen molar-refractivity contribution in [2.45, 2.75) is 24.5 Å². The molecule has 3 rings (SSSR count). The Morgan fingerprint density at radius 2 is 1.92 bits per heavy atom. The maximum atomic E-state index is 13.2. The van der Waals surface area contributed by atoms with Crippen LogP contribution in [-0.2, 0) is 11.3 Å². The normalized spacial score (nSPS) is 15.1. The fraction of sp³-hybridized carbons (Fsp3) is 0.500. The van der Waals surface area contributed by atoms with Crippen molar-refractivity contribution in [3.05, 3.63) is 30.1 Å². The molecule has 1 aliphatic rings. The predicted molar refractivity (Wildman–Crippen MR) is 98.2 cm³/mol. The Balaban J connectivity index is 1.75. The number of nitriles is 1. The maximum Gasteiger partial charge on any atom is 0.191 e. The lowest BCUT2D eigenvalue weighted by atomic mass is 10.2. The summed E-state index contributed by atoms with van der Waals surface area (Å²) in [5, 5.41) is 18.2. The fourth-order valence-corrected chi connectivity index (χ4v) is 3.69. The molecule has 8 heteroatoms. The largest absolute Gasteiger partial charge is 0.379 e. The van der Waals surface area contributed by atoms with Crippen LogP contribution in [0.15, 0.2) is 29.4 Å². The van der Waals surface area contributed by atoms with Gasteiger partial charge in [-0.3, -0.25) is 4.90 Å². The van der Waals surface area contributed by atoms with Crippen LogP contribution in [0.4, 0.5) is 4.39 Å². The molecule has 26 heavy (non-hydrogen) atoms. The summed E-state index contributed by atoms with van der Waals surface area (Å²) in [5.41, 5.74) is 0.852. The summed E-state index contributed by atoms with van der Waals surface area (Å²) in [5.74, 6) is 1.31. The van der Waals surface area contributed by atoms with E-state index < -0.39 is 0 Å². The van der Waals surface area contributed by atoms with Crippen LogP contribution in [0.2, 0.25) is 0 Å². The van der Waals surface area contributed by atoms with Crippen LogP contribution < -0.4 is 0 Å². The van der Waals surface area contributed by atoms with Crippen LogP contribution in [0.3, 0.4) is 0 Å². The highest BCUT2D eigenvalue weighted by Gasteiger charge is 2.17.